The van der Waals surface area contributed by atoms with Crippen LogP contribution in [0.1, 0.15) is 46.1 Å². The van der Waals surface area contributed by atoms with Crippen LogP contribution in [0.15, 0.2) is 24.3 Å². The predicted octanol–water partition coefficient (Wildman–Crippen LogP) is 3.96. The number of hydrogen-bond acceptors (Lipinski definition) is 4. The molecule has 2 aliphatic rings. The molecular formula is C21H26N4O2S. The summed E-state index contributed by atoms with van der Waals surface area (Å²) in [6, 6.07) is 7.84. The number of carbonyl (C=O) groups is 2. The molecule has 1 aromatic heterocycles. The molecule has 3 amide bonds. The number of nitrogens with one attached hydrogen (secondary N) is 2. The summed E-state index contributed by atoms with van der Waals surface area (Å²) in [6.45, 7) is 6.05. The van der Waals surface area contributed by atoms with Crippen molar-refractivity contribution in [3.63, 3.8) is 0 Å². The van der Waals surface area contributed by atoms with E-state index in [4.69, 9.17) is 5.73 Å². The number of nitrogens with two attached hydrogens (primary N) is 1. The summed E-state index contributed by atoms with van der Waals surface area (Å²) in [5.41, 5.74) is 8.97. The van der Waals surface area contributed by atoms with Crippen molar-refractivity contribution < 1.29 is 9.59 Å². The Morgan fingerprint density at radius 2 is 1.89 bits per heavy atom. The van der Waals surface area contributed by atoms with Crippen molar-refractivity contribution in [3.05, 3.63) is 45.8 Å². The third kappa shape index (κ3) is 3.77. The molecule has 1 fully saturated rings. The van der Waals surface area contributed by atoms with Gasteiger partial charge >= 0.3 is 6.03 Å². The lowest BCUT2D eigenvalue weighted by atomic mass is 9.80. The first-order valence-electron chi connectivity index (χ1n) is 9.73. The van der Waals surface area contributed by atoms with Crippen molar-refractivity contribution in [2.75, 3.05) is 17.2 Å². The monoisotopic (exact) mass is 398 g/mol. The van der Waals surface area contributed by atoms with E-state index < -0.39 is 5.91 Å². The second-order valence-electron chi connectivity index (χ2n) is 7.97. The van der Waals surface area contributed by atoms with Crippen LogP contribution in [0.25, 0.3) is 0 Å². The first kappa shape index (κ1) is 19.0. The van der Waals surface area contributed by atoms with Crippen LogP contribution in [0, 0.1) is 12.8 Å². The Kier molecular flexibility index (Phi) is 5.12. The molecular weight excluding hydrogens is 372 g/mol. The zero-order chi connectivity index (χ0) is 19.8. The molecule has 2 heterocycles. The van der Waals surface area contributed by atoms with Gasteiger partial charge in [-0.15, -0.1) is 11.3 Å². The van der Waals surface area contributed by atoms with Gasteiger partial charge < -0.3 is 11.1 Å². The molecule has 4 N–H and O–H groups in total. The van der Waals surface area contributed by atoms with Crippen LogP contribution in [0.5, 0.6) is 0 Å². The largest absolute Gasteiger partial charge is 0.365 e. The Balaban J connectivity index is 1.50. The zero-order valence-electron chi connectivity index (χ0n) is 16.2. The van der Waals surface area contributed by atoms with E-state index in [9.17, 15) is 9.59 Å². The summed E-state index contributed by atoms with van der Waals surface area (Å²) < 4.78 is 0. The van der Waals surface area contributed by atoms with Crippen LogP contribution in [0.2, 0.25) is 0 Å². The topological polar surface area (TPSA) is 87.5 Å². The van der Waals surface area contributed by atoms with Crippen LogP contribution in [0.3, 0.4) is 0 Å². The highest BCUT2D eigenvalue weighted by atomic mass is 32.1. The fourth-order valence-corrected chi connectivity index (χ4v) is 5.42. The minimum atomic E-state index is -0.478. The van der Waals surface area contributed by atoms with Gasteiger partial charge in [0.1, 0.15) is 5.00 Å². The summed E-state index contributed by atoms with van der Waals surface area (Å²) in [6.07, 6.45) is 3.29. The Morgan fingerprint density at radius 1 is 1.18 bits per heavy atom. The molecule has 1 aromatic carbocycles. The summed E-state index contributed by atoms with van der Waals surface area (Å²) in [5.74, 6) is 0.326. The molecule has 0 unspecified atom stereocenters. The second-order valence-corrected chi connectivity index (χ2v) is 9.07. The van der Waals surface area contributed by atoms with E-state index in [1.54, 1.807) is 0 Å². The highest BCUT2D eigenvalue weighted by Crippen LogP contribution is 2.40. The SMILES string of the molecule is Cc1ccc(NC(=O)Nc2sc3c(c2C(N)=O)CCN(C2CC(C)C2)C3)cc1. The summed E-state index contributed by atoms with van der Waals surface area (Å²) in [5, 5.41) is 6.20. The number of nitrogens with zero attached hydrogens (tertiary/aromatic N) is 1. The molecule has 4 rings (SSSR count). The normalized spacial score (nSPS) is 21.5. The van der Waals surface area contributed by atoms with E-state index in [1.807, 2.05) is 31.2 Å². The number of thiophene rings is 1. The van der Waals surface area contributed by atoms with Crippen molar-refractivity contribution in [2.24, 2.45) is 11.7 Å². The van der Waals surface area contributed by atoms with Crippen LogP contribution in [-0.4, -0.2) is 29.4 Å². The molecule has 0 spiro atoms. The highest BCUT2D eigenvalue weighted by molar-refractivity contribution is 7.17. The molecule has 2 aromatic rings. The van der Waals surface area contributed by atoms with Gasteiger partial charge in [-0.05, 0) is 49.8 Å². The van der Waals surface area contributed by atoms with Crippen molar-refractivity contribution in [3.8, 4) is 0 Å². The van der Waals surface area contributed by atoms with Gasteiger partial charge in [0.15, 0.2) is 0 Å². The Hall–Kier alpha value is -2.38. The van der Waals surface area contributed by atoms with Gasteiger partial charge in [0.2, 0.25) is 0 Å². The number of hydrogen-bond donors (Lipinski definition) is 3. The first-order valence-corrected chi connectivity index (χ1v) is 10.6. The van der Waals surface area contributed by atoms with Gasteiger partial charge in [-0.25, -0.2) is 4.79 Å². The second kappa shape index (κ2) is 7.56. The Bertz CT molecular complexity index is 900. The first-order chi connectivity index (χ1) is 13.4. The summed E-state index contributed by atoms with van der Waals surface area (Å²) in [4.78, 5) is 28.2. The van der Waals surface area contributed by atoms with Gasteiger partial charge in [0.05, 0.1) is 5.56 Å². The van der Waals surface area contributed by atoms with Crippen molar-refractivity contribution >= 4 is 34.0 Å². The third-order valence-corrected chi connectivity index (χ3v) is 6.87. The molecule has 1 aliphatic heterocycles. The van der Waals surface area contributed by atoms with E-state index in [2.05, 4.69) is 22.5 Å². The fraction of sp³-hybridized carbons (Fsp3) is 0.429. The molecule has 1 aliphatic carbocycles. The van der Waals surface area contributed by atoms with Gasteiger partial charge in [0, 0.05) is 29.7 Å². The molecule has 148 valence electrons. The van der Waals surface area contributed by atoms with Crippen molar-refractivity contribution in [2.45, 2.75) is 45.7 Å². The standard InChI is InChI=1S/C21H26N4O2S/c1-12-3-5-14(6-4-12)23-21(27)24-20-18(19(22)26)16-7-8-25(11-17(16)28-20)15-9-13(2)10-15/h3-6,13,15H,7-11H2,1-2H3,(H2,22,26)(H2,23,24,27). The van der Waals surface area contributed by atoms with Gasteiger partial charge in [0.25, 0.3) is 5.91 Å². The quantitative estimate of drug-likeness (QED) is 0.728. The number of carbonyl (C=O) groups excluding carboxylic acids is 2. The van der Waals surface area contributed by atoms with Crippen molar-refractivity contribution in [1.82, 2.24) is 4.90 Å². The number of anilines is 2. The molecule has 1 saturated carbocycles. The van der Waals surface area contributed by atoms with E-state index in [0.29, 0.717) is 22.3 Å². The fourth-order valence-electron chi connectivity index (χ4n) is 4.14. The third-order valence-electron chi connectivity index (χ3n) is 5.73. The van der Waals surface area contributed by atoms with Gasteiger partial charge in [-0.2, -0.15) is 0 Å². The molecule has 6 nitrogen and oxygen atoms in total. The molecule has 0 radical (unpaired) electrons. The molecule has 0 bridgehead atoms. The predicted molar refractivity (Wildman–Crippen MR) is 113 cm³/mol. The van der Waals surface area contributed by atoms with Gasteiger partial charge in [-0.1, -0.05) is 24.6 Å². The molecule has 0 atom stereocenters. The lowest BCUT2D eigenvalue weighted by Crippen LogP contribution is -2.46. The molecule has 7 heteroatoms. The van der Waals surface area contributed by atoms with Gasteiger partial charge in [-0.3, -0.25) is 15.0 Å². The molecule has 0 saturated heterocycles. The van der Waals surface area contributed by atoms with Crippen LogP contribution in [0.4, 0.5) is 15.5 Å². The lowest BCUT2D eigenvalue weighted by Gasteiger charge is -2.43. The maximum absolute atomic E-state index is 12.4. The van der Waals surface area contributed by atoms with E-state index >= 15 is 0 Å². The Morgan fingerprint density at radius 3 is 2.54 bits per heavy atom. The number of amides is 3. The molecule has 28 heavy (non-hydrogen) atoms. The number of fused-ring (bicyclic) bond motifs is 1. The zero-order valence-corrected chi connectivity index (χ0v) is 17.1. The minimum Gasteiger partial charge on any atom is -0.365 e. The average Bonchev–Trinajstić information content (AvgIpc) is 2.97. The maximum Gasteiger partial charge on any atom is 0.324 e. The van der Waals surface area contributed by atoms with Crippen LogP contribution >= 0.6 is 11.3 Å². The average molecular weight is 399 g/mol. The van der Waals surface area contributed by atoms with E-state index in [-0.39, 0.29) is 6.03 Å². The van der Waals surface area contributed by atoms with Crippen molar-refractivity contribution in [1.29, 1.82) is 0 Å². The Labute approximate surface area is 169 Å². The maximum atomic E-state index is 12.4. The van der Waals surface area contributed by atoms with Crippen LogP contribution in [-0.2, 0) is 13.0 Å². The minimum absolute atomic E-state index is 0.366. The van der Waals surface area contributed by atoms with E-state index in [0.717, 1.165) is 41.4 Å². The smallest absolute Gasteiger partial charge is 0.324 e. The lowest BCUT2D eigenvalue weighted by molar-refractivity contribution is 0.0757. The number of aryl methyl sites for hydroxylation is 1. The number of benzene rings is 1. The highest BCUT2D eigenvalue weighted by Gasteiger charge is 2.35. The number of rotatable bonds is 4. The van der Waals surface area contributed by atoms with E-state index in [1.165, 1.54) is 24.2 Å². The number of primary amides is 1. The van der Waals surface area contributed by atoms with Crippen LogP contribution < -0.4 is 16.4 Å². The number of urea groups is 1. The summed E-state index contributed by atoms with van der Waals surface area (Å²) >= 11 is 1.47. The summed E-state index contributed by atoms with van der Waals surface area (Å²) in [7, 11) is 0.